The van der Waals surface area contributed by atoms with Gasteiger partial charge in [0.15, 0.2) is 5.78 Å². The molecule has 6 rings (SSSR count). The Bertz CT molecular complexity index is 1680. The zero-order valence-electron chi connectivity index (χ0n) is 29.1. The highest BCUT2D eigenvalue weighted by Gasteiger charge is 2.71. The number of Topliss-reactive ketones (excluding diaryl/α,β-unsaturated/α-hetero) is 1. The second-order valence-corrected chi connectivity index (χ2v) is 18.4. The summed E-state index contributed by atoms with van der Waals surface area (Å²) in [5.74, 6) is -0.310. The molecule has 0 radical (unpaired) electrons. The molecule has 5 aliphatic carbocycles. The van der Waals surface area contributed by atoms with Gasteiger partial charge in [-0.25, -0.2) is 0 Å². The summed E-state index contributed by atoms with van der Waals surface area (Å²) in [5.41, 5.74) is -5.46. The average Bonchev–Trinajstić information content (AvgIpc) is 3.31. The van der Waals surface area contributed by atoms with Crippen molar-refractivity contribution >= 4 is 21.9 Å². The zero-order valence-corrected chi connectivity index (χ0v) is 29.9. The van der Waals surface area contributed by atoms with Crippen molar-refractivity contribution in [3.63, 3.8) is 0 Å². The Kier molecular flexibility index (Phi) is 8.21. The average molecular weight is 691 g/mol. The predicted octanol–water partition coefficient (Wildman–Crippen LogP) is 9.07. The number of ketones is 1. The Morgan fingerprint density at radius 1 is 0.938 bits per heavy atom. The maximum Gasteiger partial charge on any atom is 0.534 e. The fourth-order valence-electron chi connectivity index (χ4n) is 11.6. The molecule has 48 heavy (non-hydrogen) atoms. The van der Waals surface area contributed by atoms with E-state index in [2.05, 4.69) is 20.8 Å². The van der Waals surface area contributed by atoms with Gasteiger partial charge >= 0.3 is 21.6 Å². The van der Waals surface area contributed by atoms with Gasteiger partial charge in [-0.3, -0.25) is 9.59 Å². The largest absolute Gasteiger partial charge is 0.534 e. The summed E-state index contributed by atoms with van der Waals surface area (Å²) >= 11 is 0. The van der Waals surface area contributed by atoms with Crippen molar-refractivity contribution in [2.45, 2.75) is 112 Å². The lowest BCUT2D eigenvalue weighted by molar-refractivity contribution is -0.204. The van der Waals surface area contributed by atoms with Crippen molar-refractivity contribution in [2.24, 2.45) is 50.7 Å². The molecule has 0 N–H and O–H groups in total. The summed E-state index contributed by atoms with van der Waals surface area (Å²) < 4.78 is 74.9. The van der Waals surface area contributed by atoms with Crippen molar-refractivity contribution in [3.05, 3.63) is 58.9 Å². The lowest BCUT2D eigenvalue weighted by Crippen LogP contribution is -2.64. The van der Waals surface area contributed by atoms with Gasteiger partial charge in [-0.15, -0.1) is 0 Å². The zero-order chi connectivity index (χ0) is 35.3. The fraction of sp³-hybridized carbons (Fsp3) is 0.684. The van der Waals surface area contributed by atoms with E-state index in [0.717, 1.165) is 42.4 Å². The number of halogens is 3. The molecule has 6 nitrogen and oxygen atoms in total. The van der Waals surface area contributed by atoms with Crippen LogP contribution in [0.2, 0.25) is 0 Å². The molecule has 1 aromatic carbocycles. The second-order valence-electron chi connectivity index (χ2n) is 16.8. The smallest absolute Gasteiger partial charge is 0.460 e. The maximum absolute atomic E-state index is 14.2. The van der Waals surface area contributed by atoms with E-state index in [1.807, 2.05) is 58.0 Å². The van der Waals surface area contributed by atoms with E-state index in [9.17, 15) is 31.2 Å². The second kappa shape index (κ2) is 11.2. The first-order valence-corrected chi connectivity index (χ1v) is 18.8. The van der Waals surface area contributed by atoms with E-state index in [0.29, 0.717) is 19.3 Å². The van der Waals surface area contributed by atoms with Crippen molar-refractivity contribution < 1.29 is 40.1 Å². The van der Waals surface area contributed by atoms with Crippen LogP contribution in [-0.4, -0.2) is 25.7 Å². The van der Waals surface area contributed by atoms with Gasteiger partial charge in [0.2, 0.25) is 0 Å². The minimum atomic E-state index is -5.78. The molecule has 0 unspecified atom stereocenters. The van der Waals surface area contributed by atoms with Crippen LogP contribution in [0.3, 0.4) is 0 Å². The molecule has 0 spiro atoms. The molecule has 10 heteroatoms. The summed E-state index contributed by atoms with van der Waals surface area (Å²) in [6.07, 6.45) is 6.57. The first kappa shape index (κ1) is 35.2. The van der Waals surface area contributed by atoms with Crippen molar-refractivity contribution in [3.8, 4) is 0 Å². The van der Waals surface area contributed by atoms with Crippen molar-refractivity contribution in [1.29, 1.82) is 0 Å². The Morgan fingerprint density at radius 2 is 1.60 bits per heavy atom. The minimum absolute atomic E-state index is 0.0174. The lowest BCUT2D eigenvalue weighted by Gasteiger charge is -2.71. The van der Waals surface area contributed by atoms with Crippen LogP contribution in [0, 0.1) is 50.7 Å². The molecule has 3 fully saturated rings. The number of hydrogen-bond donors (Lipinski definition) is 0. The number of alkyl halides is 3. The highest BCUT2D eigenvalue weighted by atomic mass is 32.2. The van der Waals surface area contributed by atoms with Gasteiger partial charge in [0.05, 0.1) is 5.41 Å². The van der Waals surface area contributed by atoms with Crippen LogP contribution in [0.25, 0.3) is 0 Å². The van der Waals surface area contributed by atoms with E-state index in [-0.39, 0.29) is 70.5 Å². The predicted molar refractivity (Wildman–Crippen MR) is 175 cm³/mol. The third kappa shape index (κ3) is 4.88. The number of ether oxygens (including phenoxy) is 1. The molecule has 0 heterocycles. The molecule has 7 atom stereocenters. The SMILES string of the molecule is CC(C)C1=C2[C@H]3CC[C@@H]4[C@@]5(C)CC=C(OS(=O)(=O)C(F)(F)F)C(C)(C)[C@@H]5CC[C@@]4(C)[C@]3(C)CC[C@@]2(C(=O)OCc2ccccc2)CC1=O. The Morgan fingerprint density at radius 3 is 2.23 bits per heavy atom. The van der Waals surface area contributed by atoms with E-state index >= 15 is 0 Å². The normalized spacial score (nSPS) is 37.6. The number of carbonyl (C=O) groups is 2. The first-order valence-electron chi connectivity index (χ1n) is 17.4. The molecule has 0 saturated heterocycles. The van der Waals surface area contributed by atoms with E-state index in [4.69, 9.17) is 8.92 Å². The van der Waals surface area contributed by atoms with Gasteiger partial charge in [-0.05, 0) is 108 Å². The number of allylic oxidation sites excluding steroid dienone is 3. The number of hydrogen-bond acceptors (Lipinski definition) is 6. The minimum Gasteiger partial charge on any atom is -0.460 e. The molecule has 0 amide bonds. The van der Waals surface area contributed by atoms with Gasteiger partial charge in [-0.2, -0.15) is 21.6 Å². The monoisotopic (exact) mass is 690 g/mol. The van der Waals surface area contributed by atoms with Crippen LogP contribution in [0.1, 0.15) is 105 Å². The lowest BCUT2D eigenvalue weighted by atomic mass is 9.33. The van der Waals surface area contributed by atoms with E-state index < -0.39 is 26.5 Å². The van der Waals surface area contributed by atoms with Crippen LogP contribution in [0.5, 0.6) is 0 Å². The maximum atomic E-state index is 14.2. The topological polar surface area (TPSA) is 86.7 Å². The molecule has 0 bridgehead atoms. The standard InChI is InChI=1S/C38H49F3O6S/c1-23(2)30-26(42)21-37(32(43)46-22-24-11-9-8-10-12-24)20-19-35(6)25(31(30)37)13-14-28-34(5)17-16-29(47-48(44,45)38(39,40)41)33(3,4)27(34)15-18-36(28,35)7/h8-12,16,23,25,27-28H,13-15,17-22H2,1-7H3/t25-,27+,28-,34+,35-,36-,37-/m1/s1. The molecule has 5 aliphatic rings. The summed E-state index contributed by atoms with van der Waals surface area (Å²) in [4.78, 5) is 28.0. The third-order valence-electron chi connectivity index (χ3n) is 14.0. The quantitative estimate of drug-likeness (QED) is 0.168. The Labute approximate surface area is 283 Å². The molecular weight excluding hydrogens is 641 g/mol. The highest BCUT2D eigenvalue weighted by Crippen LogP contribution is 2.76. The molecular formula is C38H49F3O6S. The van der Waals surface area contributed by atoms with E-state index in [1.165, 1.54) is 0 Å². The van der Waals surface area contributed by atoms with Crippen LogP contribution >= 0.6 is 0 Å². The molecule has 0 aliphatic heterocycles. The molecule has 1 aromatic rings. The number of benzene rings is 1. The Hall–Kier alpha value is -2.62. The number of esters is 1. The third-order valence-corrected chi connectivity index (χ3v) is 15.0. The van der Waals surface area contributed by atoms with Crippen molar-refractivity contribution in [2.75, 3.05) is 0 Å². The summed E-state index contributed by atoms with van der Waals surface area (Å²) in [6, 6.07) is 9.57. The van der Waals surface area contributed by atoms with Gasteiger partial charge in [-0.1, -0.05) is 78.8 Å². The van der Waals surface area contributed by atoms with E-state index in [1.54, 1.807) is 6.08 Å². The first-order chi connectivity index (χ1) is 22.2. The molecule has 264 valence electrons. The number of carbonyl (C=O) groups excluding carboxylic acids is 2. The van der Waals surface area contributed by atoms with Gasteiger partial charge in [0.1, 0.15) is 12.4 Å². The van der Waals surface area contributed by atoms with Gasteiger partial charge in [0, 0.05) is 11.8 Å². The summed E-state index contributed by atoms with van der Waals surface area (Å²) in [5, 5.41) is 0. The number of rotatable bonds is 6. The van der Waals surface area contributed by atoms with Gasteiger partial charge in [0.25, 0.3) is 0 Å². The highest BCUT2D eigenvalue weighted by molar-refractivity contribution is 7.87. The van der Waals surface area contributed by atoms with Gasteiger partial charge < -0.3 is 8.92 Å². The fourth-order valence-corrected chi connectivity index (χ4v) is 12.2. The molecule has 0 aromatic heterocycles. The van der Waals surface area contributed by atoms with Crippen LogP contribution in [-0.2, 0) is 35.2 Å². The molecule has 3 saturated carbocycles. The summed E-state index contributed by atoms with van der Waals surface area (Å²) in [6.45, 7) is 14.8. The van der Waals surface area contributed by atoms with Crippen molar-refractivity contribution in [1.82, 2.24) is 0 Å². The number of fused-ring (bicyclic) bond motifs is 7. The Balaban J connectivity index is 1.36. The summed E-state index contributed by atoms with van der Waals surface area (Å²) in [7, 11) is -5.78. The van der Waals surface area contributed by atoms with Crippen LogP contribution < -0.4 is 0 Å². The van der Waals surface area contributed by atoms with Crippen LogP contribution in [0.15, 0.2) is 53.3 Å². The van der Waals surface area contributed by atoms with Crippen LogP contribution in [0.4, 0.5) is 13.2 Å².